The van der Waals surface area contributed by atoms with Gasteiger partial charge in [-0.1, -0.05) is 12.1 Å². The smallest absolute Gasteiger partial charge is 0.123 e. The first-order valence-electron chi connectivity index (χ1n) is 8.12. The molecule has 21 heavy (non-hydrogen) atoms. The number of benzene rings is 1. The number of hydrogen-bond acceptors (Lipinski definition) is 3. The molecular weight excluding hydrogens is 265 g/mol. The van der Waals surface area contributed by atoms with Crippen molar-refractivity contribution in [3.63, 3.8) is 0 Å². The predicted octanol–water partition coefficient (Wildman–Crippen LogP) is 2.38. The molecule has 2 atom stereocenters. The summed E-state index contributed by atoms with van der Waals surface area (Å²) in [6, 6.07) is 8.34. The second-order valence-corrected chi connectivity index (χ2v) is 6.54. The van der Waals surface area contributed by atoms with Gasteiger partial charge >= 0.3 is 0 Å². The number of nitrogens with two attached hydrogens (primary N) is 1. The summed E-state index contributed by atoms with van der Waals surface area (Å²) in [5.41, 5.74) is 7.07. The second kappa shape index (κ2) is 6.42. The molecule has 3 rings (SSSR count). The summed E-state index contributed by atoms with van der Waals surface area (Å²) in [4.78, 5) is 5.08. The molecule has 0 aliphatic carbocycles. The predicted molar refractivity (Wildman–Crippen MR) is 83.6 cm³/mol. The normalized spacial score (nSPS) is 27.1. The minimum atomic E-state index is -0.139. The Bertz CT molecular complexity index is 471. The highest BCUT2D eigenvalue weighted by atomic mass is 19.1. The quantitative estimate of drug-likeness (QED) is 0.928. The van der Waals surface area contributed by atoms with Crippen LogP contribution < -0.4 is 5.73 Å². The lowest BCUT2D eigenvalue weighted by atomic mass is 10.0. The molecule has 0 spiro atoms. The van der Waals surface area contributed by atoms with Crippen LogP contribution in [-0.2, 0) is 0 Å². The Morgan fingerprint density at radius 3 is 2.67 bits per heavy atom. The van der Waals surface area contributed by atoms with Gasteiger partial charge in [0.05, 0.1) is 0 Å². The highest BCUT2D eigenvalue weighted by Crippen LogP contribution is 2.28. The van der Waals surface area contributed by atoms with Gasteiger partial charge in [0.2, 0.25) is 0 Å². The summed E-state index contributed by atoms with van der Waals surface area (Å²) >= 11 is 0. The maximum Gasteiger partial charge on any atom is 0.123 e. The van der Waals surface area contributed by atoms with Crippen LogP contribution in [0.4, 0.5) is 4.39 Å². The maximum atomic E-state index is 13.4. The van der Waals surface area contributed by atoms with Crippen LogP contribution in [0.3, 0.4) is 0 Å². The van der Waals surface area contributed by atoms with Gasteiger partial charge in [0, 0.05) is 31.2 Å². The molecule has 1 aromatic rings. The van der Waals surface area contributed by atoms with Crippen LogP contribution in [0.5, 0.6) is 0 Å². The summed E-state index contributed by atoms with van der Waals surface area (Å²) in [5.74, 6) is -0.139. The van der Waals surface area contributed by atoms with Gasteiger partial charge in [-0.3, -0.25) is 9.80 Å². The van der Waals surface area contributed by atoms with Crippen molar-refractivity contribution in [2.75, 3.05) is 26.2 Å². The van der Waals surface area contributed by atoms with E-state index in [0.29, 0.717) is 12.1 Å². The van der Waals surface area contributed by atoms with Gasteiger partial charge in [-0.15, -0.1) is 0 Å². The van der Waals surface area contributed by atoms with Crippen molar-refractivity contribution >= 4 is 0 Å². The monoisotopic (exact) mass is 291 g/mol. The van der Waals surface area contributed by atoms with Gasteiger partial charge in [0.25, 0.3) is 0 Å². The van der Waals surface area contributed by atoms with Crippen molar-refractivity contribution < 1.29 is 4.39 Å². The van der Waals surface area contributed by atoms with E-state index in [1.54, 1.807) is 12.1 Å². The van der Waals surface area contributed by atoms with Crippen LogP contribution in [0, 0.1) is 5.82 Å². The zero-order valence-corrected chi connectivity index (χ0v) is 12.8. The minimum Gasteiger partial charge on any atom is -0.328 e. The molecule has 0 bridgehead atoms. The molecule has 2 saturated heterocycles. The van der Waals surface area contributed by atoms with E-state index < -0.39 is 0 Å². The first-order valence-corrected chi connectivity index (χ1v) is 8.12. The SMILES string of the molecule is CC(c1cccc(F)c1)N1CCC(N2CCC(N)CC2)C1. The molecule has 0 aromatic heterocycles. The van der Waals surface area contributed by atoms with E-state index in [0.717, 1.165) is 44.6 Å². The summed E-state index contributed by atoms with van der Waals surface area (Å²) in [6.45, 7) is 6.64. The molecule has 2 heterocycles. The number of likely N-dealkylation sites (tertiary alicyclic amines) is 2. The van der Waals surface area contributed by atoms with E-state index in [1.165, 1.54) is 12.5 Å². The minimum absolute atomic E-state index is 0.139. The third-order valence-corrected chi connectivity index (χ3v) is 5.16. The number of nitrogens with zero attached hydrogens (tertiary/aromatic N) is 2. The standard InChI is InChI=1S/C17H26FN3/c1-13(14-3-2-4-15(18)11-14)21-10-7-17(12-21)20-8-5-16(19)6-9-20/h2-4,11,13,16-17H,5-10,12,19H2,1H3. The molecule has 2 N–H and O–H groups in total. The van der Waals surface area contributed by atoms with Crippen molar-refractivity contribution in [1.82, 2.24) is 9.80 Å². The lowest BCUT2D eigenvalue weighted by molar-refractivity contribution is 0.146. The van der Waals surface area contributed by atoms with Gasteiger partial charge in [0.1, 0.15) is 5.82 Å². The Balaban J connectivity index is 1.59. The molecule has 1 aromatic carbocycles. The molecule has 0 amide bonds. The fourth-order valence-electron chi connectivity index (χ4n) is 3.68. The molecule has 2 aliphatic heterocycles. The van der Waals surface area contributed by atoms with Crippen molar-refractivity contribution in [3.05, 3.63) is 35.6 Å². The first kappa shape index (κ1) is 14.9. The Labute approximate surface area is 126 Å². The Kier molecular flexibility index (Phi) is 4.57. The van der Waals surface area contributed by atoms with Crippen LogP contribution in [0.1, 0.15) is 37.8 Å². The highest BCUT2D eigenvalue weighted by molar-refractivity contribution is 5.20. The Morgan fingerprint density at radius 2 is 1.95 bits per heavy atom. The molecular formula is C17H26FN3. The average Bonchev–Trinajstić information content (AvgIpc) is 2.97. The summed E-state index contributed by atoms with van der Waals surface area (Å²) in [6.07, 6.45) is 3.46. The van der Waals surface area contributed by atoms with Crippen LogP contribution >= 0.6 is 0 Å². The zero-order chi connectivity index (χ0) is 14.8. The molecule has 2 unspecified atom stereocenters. The van der Waals surface area contributed by atoms with E-state index in [1.807, 2.05) is 6.07 Å². The summed E-state index contributed by atoms with van der Waals surface area (Å²) in [7, 11) is 0. The fraction of sp³-hybridized carbons (Fsp3) is 0.647. The Morgan fingerprint density at radius 1 is 1.19 bits per heavy atom. The number of halogens is 1. The van der Waals surface area contributed by atoms with Crippen molar-refractivity contribution in [3.8, 4) is 0 Å². The van der Waals surface area contributed by atoms with E-state index in [4.69, 9.17) is 5.73 Å². The molecule has 0 radical (unpaired) electrons. The van der Waals surface area contributed by atoms with Gasteiger partial charge in [-0.25, -0.2) is 4.39 Å². The molecule has 4 heteroatoms. The second-order valence-electron chi connectivity index (χ2n) is 6.54. The first-order chi connectivity index (χ1) is 10.1. The number of hydrogen-bond donors (Lipinski definition) is 1. The van der Waals surface area contributed by atoms with Crippen LogP contribution in [-0.4, -0.2) is 48.1 Å². The van der Waals surface area contributed by atoms with Crippen molar-refractivity contribution in [1.29, 1.82) is 0 Å². The van der Waals surface area contributed by atoms with Gasteiger partial charge in [0.15, 0.2) is 0 Å². The average molecular weight is 291 g/mol. The molecule has 2 fully saturated rings. The number of piperidine rings is 1. The van der Waals surface area contributed by atoms with E-state index >= 15 is 0 Å². The fourth-order valence-corrected chi connectivity index (χ4v) is 3.68. The lowest BCUT2D eigenvalue weighted by Gasteiger charge is -2.35. The highest BCUT2D eigenvalue weighted by Gasteiger charge is 2.32. The van der Waals surface area contributed by atoms with Crippen LogP contribution in [0.25, 0.3) is 0 Å². The summed E-state index contributed by atoms with van der Waals surface area (Å²) < 4.78 is 13.4. The molecule has 116 valence electrons. The van der Waals surface area contributed by atoms with E-state index in [2.05, 4.69) is 16.7 Å². The zero-order valence-electron chi connectivity index (χ0n) is 12.8. The summed E-state index contributed by atoms with van der Waals surface area (Å²) in [5, 5.41) is 0. The molecule has 2 aliphatic rings. The van der Waals surface area contributed by atoms with Gasteiger partial charge < -0.3 is 5.73 Å². The molecule has 3 nitrogen and oxygen atoms in total. The third-order valence-electron chi connectivity index (χ3n) is 5.16. The van der Waals surface area contributed by atoms with Crippen LogP contribution in [0.2, 0.25) is 0 Å². The largest absolute Gasteiger partial charge is 0.328 e. The maximum absolute atomic E-state index is 13.4. The van der Waals surface area contributed by atoms with E-state index in [9.17, 15) is 4.39 Å². The van der Waals surface area contributed by atoms with Crippen molar-refractivity contribution in [2.45, 2.75) is 44.3 Å². The number of rotatable bonds is 3. The van der Waals surface area contributed by atoms with Gasteiger partial charge in [-0.05, 0) is 57.0 Å². The third kappa shape index (κ3) is 3.44. The Hall–Kier alpha value is -0.970. The van der Waals surface area contributed by atoms with Crippen LogP contribution in [0.15, 0.2) is 24.3 Å². The topological polar surface area (TPSA) is 32.5 Å². The lowest BCUT2D eigenvalue weighted by Crippen LogP contribution is -2.46. The van der Waals surface area contributed by atoms with Crippen molar-refractivity contribution in [2.24, 2.45) is 5.73 Å². The van der Waals surface area contributed by atoms with E-state index in [-0.39, 0.29) is 11.9 Å². The molecule has 0 saturated carbocycles. The van der Waals surface area contributed by atoms with Gasteiger partial charge in [-0.2, -0.15) is 0 Å².